The lowest BCUT2D eigenvalue weighted by molar-refractivity contribution is 0.103. The van der Waals surface area contributed by atoms with E-state index < -0.39 is 0 Å². The highest BCUT2D eigenvalue weighted by atomic mass is 16.1. The number of fused-ring (bicyclic) bond motifs is 6. The van der Waals surface area contributed by atoms with Crippen LogP contribution in [0.3, 0.4) is 0 Å². The zero-order valence-corrected chi connectivity index (χ0v) is 25.5. The number of nitrogens with zero attached hydrogens (tertiary/aromatic N) is 4. The van der Waals surface area contributed by atoms with Crippen LogP contribution in [-0.4, -0.2) is 31.1 Å². The van der Waals surface area contributed by atoms with Crippen LogP contribution in [0.1, 0.15) is 37.4 Å². The van der Waals surface area contributed by atoms with Crippen molar-refractivity contribution in [2.75, 3.05) is 10.6 Å². The molecule has 48 heavy (non-hydrogen) atoms. The fourth-order valence-corrected chi connectivity index (χ4v) is 6.60. The van der Waals surface area contributed by atoms with Crippen LogP contribution in [0.25, 0.3) is 33.8 Å². The summed E-state index contributed by atoms with van der Waals surface area (Å²) < 4.78 is 2.11. The summed E-state index contributed by atoms with van der Waals surface area (Å²) in [5.41, 5.74) is 9.80. The molecule has 0 aliphatic heterocycles. The third-order valence-electron chi connectivity index (χ3n) is 8.85. The number of aromatic nitrogens is 4. The van der Waals surface area contributed by atoms with Gasteiger partial charge in [0.15, 0.2) is 17.4 Å². The Bertz CT molecular complexity index is 2300. The molecule has 2 aliphatic rings. The van der Waals surface area contributed by atoms with Gasteiger partial charge in [-0.1, -0.05) is 78.9 Å². The molecule has 0 unspecified atom stereocenters. The molecule has 8 heteroatoms. The first-order valence-electron chi connectivity index (χ1n) is 15.6. The predicted molar refractivity (Wildman–Crippen MR) is 186 cm³/mol. The smallest absolute Gasteiger partial charge is 0.232 e. The van der Waals surface area contributed by atoms with Crippen molar-refractivity contribution >= 4 is 34.8 Å². The summed E-state index contributed by atoms with van der Waals surface area (Å²) in [7, 11) is 0. The quantitative estimate of drug-likeness (QED) is 0.184. The Morgan fingerprint density at radius 3 is 1.54 bits per heavy atom. The molecule has 0 atom stereocenters. The molecule has 2 N–H and O–H groups in total. The molecule has 0 radical (unpaired) electrons. The number of hydrogen-bond acceptors (Lipinski definition) is 7. The first-order valence-corrected chi connectivity index (χ1v) is 15.6. The van der Waals surface area contributed by atoms with E-state index >= 15 is 0 Å². The van der Waals surface area contributed by atoms with Crippen molar-refractivity contribution in [3.8, 4) is 33.8 Å². The Labute approximate surface area is 275 Å². The highest BCUT2D eigenvalue weighted by Gasteiger charge is 2.28. The van der Waals surface area contributed by atoms with Crippen LogP contribution in [0.5, 0.6) is 0 Å². The molecule has 8 nitrogen and oxygen atoms in total. The molecule has 0 saturated carbocycles. The normalized spacial score (nSPS) is 12.3. The van der Waals surface area contributed by atoms with Crippen LogP contribution in [-0.2, 0) is 6.54 Å². The van der Waals surface area contributed by atoms with E-state index in [0.717, 1.165) is 44.9 Å². The van der Waals surface area contributed by atoms with Crippen LogP contribution in [0, 0.1) is 0 Å². The van der Waals surface area contributed by atoms with Gasteiger partial charge >= 0.3 is 0 Å². The summed E-state index contributed by atoms with van der Waals surface area (Å²) in [6.07, 6.45) is 2.01. The van der Waals surface area contributed by atoms with Crippen LogP contribution < -0.4 is 10.6 Å². The van der Waals surface area contributed by atoms with Crippen LogP contribution >= 0.6 is 0 Å². The molecule has 228 valence electrons. The molecular formula is C40H26N6O2. The number of benzene rings is 5. The molecule has 5 aromatic carbocycles. The van der Waals surface area contributed by atoms with E-state index in [1.54, 1.807) is 0 Å². The Hall–Kier alpha value is -6.67. The lowest BCUT2D eigenvalue weighted by atomic mass is 10.1. The van der Waals surface area contributed by atoms with Gasteiger partial charge in [-0.3, -0.25) is 9.59 Å². The molecule has 2 aliphatic carbocycles. The summed E-state index contributed by atoms with van der Waals surface area (Å²) in [4.78, 5) is 40.5. The maximum Gasteiger partial charge on any atom is 0.232 e. The van der Waals surface area contributed by atoms with Crippen LogP contribution in [0.15, 0.2) is 134 Å². The molecular weight excluding hydrogens is 596 g/mol. The van der Waals surface area contributed by atoms with Gasteiger partial charge in [-0.15, -0.1) is 0 Å². The Morgan fingerprint density at radius 2 is 0.979 bits per heavy atom. The van der Waals surface area contributed by atoms with Crippen LogP contribution in [0.2, 0.25) is 0 Å². The van der Waals surface area contributed by atoms with Gasteiger partial charge in [0.25, 0.3) is 0 Å². The standard InChI is InChI=1S/C40H26N6O2/c47-36-29-13-6-4-11-27(29)33-21-25(16-18-31(33)36)41-39-43-38(35-15-8-20-46(35)23-24-9-2-1-3-10-24)44-40(45-39)42-26-17-19-32-34(22-26)28-12-5-7-14-30(28)37(32)48/h1-22H,23H2,(H2,41,42,43,44,45). The summed E-state index contributed by atoms with van der Waals surface area (Å²) in [6, 6.07) is 40.8. The predicted octanol–water partition coefficient (Wildman–Crippen LogP) is 8.30. The first kappa shape index (κ1) is 27.6. The number of nitrogens with one attached hydrogen (secondary N) is 2. The lowest BCUT2D eigenvalue weighted by Crippen LogP contribution is -2.08. The van der Waals surface area contributed by atoms with Crippen molar-refractivity contribution in [3.63, 3.8) is 0 Å². The average molecular weight is 623 g/mol. The minimum atomic E-state index is 0.0268. The average Bonchev–Trinajstić information content (AvgIpc) is 3.78. The molecule has 0 bridgehead atoms. The maximum atomic E-state index is 13.0. The second-order valence-electron chi connectivity index (χ2n) is 11.8. The van der Waals surface area contributed by atoms with Gasteiger partial charge < -0.3 is 15.2 Å². The largest absolute Gasteiger partial charge is 0.341 e. The number of carbonyl (C=O) groups is 2. The van der Waals surface area contributed by atoms with Crippen molar-refractivity contribution in [3.05, 3.63) is 161 Å². The molecule has 9 rings (SSSR count). The van der Waals surface area contributed by atoms with Crippen molar-refractivity contribution in [2.24, 2.45) is 0 Å². The second kappa shape index (κ2) is 11.0. The minimum absolute atomic E-state index is 0.0268. The molecule has 0 saturated heterocycles. The number of rotatable bonds is 7. The number of hydrogen-bond donors (Lipinski definition) is 2. The third kappa shape index (κ3) is 4.66. The molecule has 7 aromatic rings. The van der Waals surface area contributed by atoms with Gasteiger partial charge in [0.05, 0.1) is 5.69 Å². The molecule has 0 spiro atoms. The van der Waals surface area contributed by atoms with E-state index in [1.807, 2.05) is 121 Å². The van der Waals surface area contributed by atoms with E-state index in [0.29, 0.717) is 46.5 Å². The minimum Gasteiger partial charge on any atom is -0.341 e. The summed E-state index contributed by atoms with van der Waals surface area (Å²) >= 11 is 0. The summed E-state index contributed by atoms with van der Waals surface area (Å²) in [5, 5.41) is 6.74. The van der Waals surface area contributed by atoms with Gasteiger partial charge in [-0.25, -0.2) is 0 Å². The zero-order valence-electron chi connectivity index (χ0n) is 25.5. The summed E-state index contributed by atoms with van der Waals surface area (Å²) in [6.45, 7) is 0.650. The summed E-state index contributed by atoms with van der Waals surface area (Å²) in [5.74, 6) is 1.22. The first-order chi connectivity index (χ1) is 23.6. The fraction of sp³-hybridized carbons (Fsp3) is 0.0250. The van der Waals surface area contributed by atoms with E-state index in [9.17, 15) is 9.59 Å². The van der Waals surface area contributed by atoms with Crippen molar-refractivity contribution in [1.82, 2.24) is 19.5 Å². The lowest BCUT2D eigenvalue weighted by Gasteiger charge is -2.13. The second-order valence-corrected chi connectivity index (χ2v) is 11.8. The topological polar surface area (TPSA) is 102 Å². The van der Waals surface area contributed by atoms with Gasteiger partial charge in [0.2, 0.25) is 11.9 Å². The molecule has 2 aromatic heterocycles. The van der Waals surface area contributed by atoms with Gasteiger partial charge in [0.1, 0.15) is 0 Å². The molecule has 0 amide bonds. The maximum absolute atomic E-state index is 13.0. The van der Waals surface area contributed by atoms with Crippen LogP contribution in [0.4, 0.5) is 23.3 Å². The Balaban J connectivity index is 1.10. The van der Waals surface area contributed by atoms with Crippen molar-refractivity contribution in [1.29, 1.82) is 0 Å². The van der Waals surface area contributed by atoms with Gasteiger partial charge in [-0.2, -0.15) is 15.0 Å². The SMILES string of the molecule is O=C1c2ccccc2-c2cc(Nc3nc(Nc4ccc5c(c4)-c4ccccc4C5=O)nc(-c4cccn4Cc4ccccc4)n3)ccc21. The van der Waals surface area contributed by atoms with Gasteiger partial charge in [-0.05, 0) is 76.3 Å². The Morgan fingerprint density at radius 1 is 0.479 bits per heavy atom. The Kier molecular flexibility index (Phi) is 6.33. The van der Waals surface area contributed by atoms with Gasteiger partial charge in [0, 0.05) is 46.4 Å². The number of carbonyl (C=O) groups excluding carboxylic acids is 2. The van der Waals surface area contributed by atoms with Crippen molar-refractivity contribution in [2.45, 2.75) is 6.54 Å². The number of ketones is 2. The van der Waals surface area contributed by atoms with E-state index in [1.165, 1.54) is 0 Å². The highest BCUT2D eigenvalue weighted by Crippen LogP contribution is 2.40. The number of anilines is 4. The monoisotopic (exact) mass is 622 g/mol. The molecule has 0 fully saturated rings. The third-order valence-corrected chi connectivity index (χ3v) is 8.85. The van der Waals surface area contributed by atoms with E-state index in [2.05, 4.69) is 27.3 Å². The van der Waals surface area contributed by atoms with E-state index in [4.69, 9.17) is 15.0 Å². The highest BCUT2D eigenvalue weighted by molar-refractivity contribution is 6.22. The fourth-order valence-electron chi connectivity index (χ4n) is 6.60. The van der Waals surface area contributed by atoms with E-state index in [-0.39, 0.29) is 11.6 Å². The zero-order chi connectivity index (χ0) is 32.2. The van der Waals surface area contributed by atoms with Crippen molar-refractivity contribution < 1.29 is 9.59 Å². The molecule has 2 heterocycles.